The van der Waals surface area contributed by atoms with Crippen LogP contribution in [0.1, 0.15) is 35.0 Å². The van der Waals surface area contributed by atoms with Crippen molar-refractivity contribution in [1.82, 2.24) is 29.6 Å². The zero-order valence-corrected chi connectivity index (χ0v) is 17.2. The predicted octanol–water partition coefficient (Wildman–Crippen LogP) is 2.09. The van der Waals surface area contributed by atoms with Gasteiger partial charge in [0.2, 0.25) is 11.8 Å². The highest BCUT2D eigenvalue weighted by atomic mass is 19.4. The number of carbonyl (C=O) groups is 2. The van der Waals surface area contributed by atoms with Gasteiger partial charge < -0.3 is 14.7 Å². The second kappa shape index (κ2) is 8.32. The molecule has 0 aliphatic heterocycles. The molecule has 0 unspecified atom stereocenters. The number of fused-ring (bicyclic) bond motifs is 1. The van der Waals surface area contributed by atoms with Crippen molar-refractivity contribution in [3.63, 3.8) is 0 Å². The predicted molar refractivity (Wildman–Crippen MR) is 101 cm³/mol. The summed E-state index contributed by atoms with van der Waals surface area (Å²) in [6.45, 7) is 4.70. The Bertz CT molecular complexity index is 1140. The lowest BCUT2D eigenvalue weighted by Crippen LogP contribution is -2.35. The van der Waals surface area contributed by atoms with Gasteiger partial charge >= 0.3 is 6.18 Å². The van der Waals surface area contributed by atoms with Crippen LogP contribution < -0.4 is 5.32 Å². The van der Waals surface area contributed by atoms with E-state index in [0.29, 0.717) is 22.7 Å². The lowest BCUT2D eigenvalue weighted by Gasteiger charge is -2.17. The minimum atomic E-state index is -4.68. The third kappa shape index (κ3) is 4.98. The lowest BCUT2D eigenvalue weighted by molar-refractivity contribution is -0.144. The van der Waals surface area contributed by atoms with Crippen molar-refractivity contribution in [2.45, 2.75) is 39.8 Å². The molecule has 10 nitrogen and oxygen atoms in total. The number of amides is 2. The second-order valence-corrected chi connectivity index (χ2v) is 7.03. The van der Waals surface area contributed by atoms with Gasteiger partial charge in [0, 0.05) is 30.9 Å². The molecule has 0 bridgehead atoms. The summed E-state index contributed by atoms with van der Waals surface area (Å²) in [7, 11) is 1.48. The highest BCUT2D eigenvalue weighted by Gasteiger charge is 2.37. The Hall–Kier alpha value is -3.51. The average molecular weight is 439 g/mol. The summed E-state index contributed by atoms with van der Waals surface area (Å²) in [5.74, 6) is -1.41. The average Bonchev–Trinajstić information content (AvgIpc) is 3.27. The molecule has 166 valence electrons. The number of carbonyl (C=O) groups excluding carboxylic acids is 2. The summed E-state index contributed by atoms with van der Waals surface area (Å²) in [6.07, 6.45) is -4.43. The van der Waals surface area contributed by atoms with Crippen LogP contribution in [-0.4, -0.2) is 55.0 Å². The van der Waals surface area contributed by atoms with Gasteiger partial charge in [0.1, 0.15) is 5.76 Å². The Kier molecular flexibility index (Phi) is 5.95. The molecular weight excluding hydrogens is 419 g/mol. The number of anilines is 1. The quantitative estimate of drug-likeness (QED) is 0.625. The molecule has 3 rings (SSSR count). The maximum Gasteiger partial charge on any atom is 0.453 e. The highest BCUT2D eigenvalue weighted by molar-refractivity contribution is 5.93. The minimum absolute atomic E-state index is 0.0303. The van der Waals surface area contributed by atoms with Gasteiger partial charge in [0.05, 0.1) is 6.54 Å². The number of rotatable bonds is 6. The molecule has 2 amide bonds. The molecule has 3 heterocycles. The molecule has 31 heavy (non-hydrogen) atoms. The van der Waals surface area contributed by atoms with E-state index < -0.39 is 17.9 Å². The molecule has 0 aliphatic rings. The van der Waals surface area contributed by atoms with Crippen molar-refractivity contribution < 1.29 is 27.3 Å². The Labute approximate surface area is 174 Å². The topological polar surface area (TPSA) is 119 Å². The maximum atomic E-state index is 12.9. The van der Waals surface area contributed by atoms with Crippen molar-refractivity contribution in [2.24, 2.45) is 0 Å². The van der Waals surface area contributed by atoms with Crippen molar-refractivity contribution in [1.29, 1.82) is 0 Å². The number of likely N-dealkylation sites (N-methyl/N-ethyl adjacent to an activating group) is 1. The molecule has 0 saturated carbocycles. The van der Waals surface area contributed by atoms with Crippen molar-refractivity contribution in [2.75, 3.05) is 18.9 Å². The normalized spacial score (nSPS) is 11.7. The first kappa shape index (κ1) is 22.2. The summed E-state index contributed by atoms with van der Waals surface area (Å²) in [5.41, 5.74) is 1.47. The third-order valence-electron chi connectivity index (χ3n) is 4.59. The molecule has 0 atom stereocenters. The molecule has 3 aromatic heterocycles. The fourth-order valence-corrected chi connectivity index (χ4v) is 3.02. The summed E-state index contributed by atoms with van der Waals surface area (Å²) in [5, 5.41) is 9.65. The molecule has 0 saturated heterocycles. The van der Waals surface area contributed by atoms with Crippen molar-refractivity contribution in [3.05, 3.63) is 34.6 Å². The first-order valence-corrected chi connectivity index (χ1v) is 9.23. The first-order valence-electron chi connectivity index (χ1n) is 9.23. The van der Waals surface area contributed by atoms with E-state index in [9.17, 15) is 22.8 Å². The molecule has 13 heteroatoms. The van der Waals surface area contributed by atoms with Crippen molar-refractivity contribution >= 4 is 23.4 Å². The van der Waals surface area contributed by atoms with Gasteiger partial charge in [-0.25, -0.2) is 9.50 Å². The summed E-state index contributed by atoms with van der Waals surface area (Å²) >= 11 is 0. The van der Waals surface area contributed by atoms with Gasteiger partial charge in [-0.15, -0.1) is 5.10 Å². The zero-order valence-electron chi connectivity index (χ0n) is 17.2. The van der Waals surface area contributed by atoms with E-state index in [1.165, 1.54) is 11.9 Å². The monoisotopic (exact) mass is 439 g/mol. The van der Waals surface area contributed by atoms with Crippen LogP contribution in [0.3, 0.4) is 0 Å². The van der Waals surface area contributed by atoms with Gasteiger partial charge in [-0.1, -0.05) is 5.16 Å². The van der Waals surface area contributed by atoms with E-state index in [-0.39, 0.29) is 36.9 Å². The van der Waals surface area contributed by atoms with Crippen LogP contribution in [-0.2, 0) is 22.2 Å². The van der Waals surface area contributed by atoms with Gasteiger partial charge in [-0.3, -0.25) is 9.59 Å². The summed E-state index contributed by atoms with van der Waals surface area (Å²) in [4.78, 5) is 33.2. The fraction of sp³-hybridized carbons (Fsp3) is 0.444. The smallest absolute Gasteiger partial charge is 0.360 e. The largest absolute Gasteiger partial charge is 0.453 e. The Morgan fingerprint density at radius 1 is 1.23 bits per heavy atom. The van der Waals surface area contributed by atoms with Crippen LogP contribution in [0.5, 0.6) is 0 Å². The molecule has 0 fully saturated rings. The molecule has 0 radical (unpaired) electrons. The van der Waals surface area contributed by atoms with Gasteiger partial charge in [0.25, 0.3) is 11.6 Å². The summed E-state index contributed by atoms with van der Waals surface area (Å²) in [6, 6.07) is 1.54. The van der Waals surface area contributed by atoms with E-state index in [2.05, 4.69) is 25.5 Å². The number of halogens is 3. The summed E-state index contributed by atoms with van der Waals surface area (Å²) < 4.78 is 44.5. The number of hydrogen-bond acceptors (Lipinski definition) is 7. The van der Waals surface area contributed by atoms with Crippen LogP contribution in [0, 0.1) is 20.8 Å². The number of nitrogens with one attached hydrogen (secondary N) is 1. The van der Waals surface area contributed by atoms with Crippen LogP contribution in [0.4, 0.5) is 19.0 Å². The van der Waals surface area contributed by atoms with E-state index in [4.69, 9.17) is 4.52 Å². The molecule has 3 aromatic rings. The van der Waals surface area contributed by atoms with E-state index in [1.807, 2.05) is 0 Å². The zero-order chi connectivity index (χ0) is 22.9. The van der Waals surface area contributed by atoms with Gasteiger partial charge in [-0.05, 0) is 32.8 Å². The highest BCUT2D eigenvalue weighted by Crippen LogP contribution is 2.27. The van der Waals surface area contributed by atoms with Crippen LogP contribution >= 0.6 is 0 Å². The molecule has 0 aliphatic carbocycles. The Morgan fingerprint density at radius 2 is 1.94 bits per heavy atom. The molecule has 0 aromatic carbocycles. The SMILES string of the molecule is Cc1cc(NC(=O)CN(C)C(=O)CCc2c(C)nc3nc(C(F)(F)F)nn3c2C)no1. The fourth-order valence-electron chi connectivity index (χ4n) is 3.02. The number of aromatic nitrogens is 5. The van der Waals surface area contributed by atoms with Gasteiger partial charge in [0.15, 0.2) is 5.82 Å². The standard InChI is InChI=1S/C18H20F3N7O3/c1-9-7-13(26-31-9)23-14(29)8-27(4)15(30)6-5-12-10(2)22-17-24-16(18(19,20)21)25-28(17)11(12)3/h7H,5-6,8H2,1-4H3,(H,23,26,29). The van der Waals surface area contributed by atoms with E-state index in [0.717, 1.165) is 4.52 Å². The van der Waals surface area contributed by atoms with Crippen LogP contribution in [0.2, 0.25) is 0 Å². The maximum absolute atomic E-state index is 12.9. The Morgan fingerprint density at radius 3 is 2.55 bits per heavy atom. The number of hydrogen-bond donors (Lipinski definition) is 1. The van der Waals surface area contributed by atoms with Crippen molar-refractivity contribution in [3.8, 4) is 0 Å². The lowest BCUT2D eigenvalue weighted by atomic mass is 10.1. The number of aryl methyl sites for hydroxylation is 3. The molecule has 1 N–H and O–H groups in total. The number of alkyl halides is 3. The van der Waals surface area contributed by atoms with Crippen LogP contribution in [0.25, 0.3) is 5.78 Å². The van der Waals surface area contributed by atoms with Crippen LogP contribution in [0.15, 0.2) is 10.6 Å². The van der Waals surface area contributed by atoms with E-state index >= 15 is 0 Å². The Balaban J connectivity index is 1.65. The number of nitrogens with zero attached hydrogens (tertiary/aromatic N) is 6. The molecule has 0 spiro atoms. The first-order chi connectivity index (χ1) is 14.5. The minimum Gasteiger partial charge on any atom is -0.360 e. The van der Waals surface area contributed by atoms with E-state index in [1.54, 1.807) is 26.8 Å². The molecular formula is C18H20F3N7O3. The second-order valence-electron chi connectivity index (χ2n) is 7.03. The third-order valence-corrected chi connectivity index (χ3v) is 4.59. The van der Waals surface area contributed by atoms with Gasteiger partial charge in [-0.2, -0.15) is 18.2 Å².